The van der Waals surface area contributed by atoms with E-state index in [-0.39, 0.29) is 0 Å². The van der Waals surface area contributed by atoms with E-state index >= 15 is 0 Å². The Morgan fingerprint density at radius 1 is 1.18 bits per heavy atom. The van der Waals surface area contributed by atoms with Crippen LogP contribution in [-0.2, 0) is 4.74 Å². The maximum atomic E-state index is 9.36. The third-order valence-corrected chi connectivity index (χ3v) is 2.94. The highest BCUT2D eigenvalue weighted by Crippen LogP contribution is 2.13. The van der Waals surface area contributed by atoms with Gasteiger partial charge in [0.05, 0.1) is 13.2 Å². The predicted molar refractivity (Wildman–Crippen MR) is 107 cm³/mol. The smallest absolute Gasteiger partial charge is 0.159 e. The van der Waals surface area contributed by atoms with Crippen molar-refractivity contribution in [2.75, 3.05) is 25.7 Å². The van der Waals surface area contributed by atoms with E-state index in [1.54, 1.807) is 25.6 Å². The summed E-state index contributed by atoms with van der Waals surface area (Å²) in [6.07, 6.45) is 4.82. The molecule has 0 aromatic heterocycles. The van der Waals surface area contributed by atoms with Crippen molar-refractivity contribution in [3.8, 4) is 16.9 Å². The molecule has 1 rings (SSSR count). The number of hydrogen-bond donors (Lipinski definition) is 1. The summed E-state index contributed by atoms with van der Waals surface area (Å²) in [5.41, 5.74) is 0.974. The number of benzene rings is 1. The van der Waals surface area contributed by atoms with E-state index in [9.17, 15) is 5.11 Å². The first-order chi connectivity index (χ1) is 10.4. The molecule has 1 aromatic carbocycles. The Morgan fingerprint density at radius 3 is 2.27 bits per heavy atom. The second-order valence-corrected chi connectivity index (χ2v) is 7.23. The Balaban J connectivity index is 0.00000135. The molecule has 0 aliphatic rings. The minimum Gasteiger partial charge on any atom is -0.494 e. The van der Waals surface area contributed by atoms with Crippen LogP contribution in [-0.4, -0.2) is 36.6 Å². The number of rotatable bonds is 6. The van der Waals surface area contributed by atoms with E-state index in [1.807, 2.05) is 36.8 Å². The third-order valence-electron chi connectivity index (χ3n) is 2.10. The number of aliphatic hydroxyl groups is 1. The molecule has 1 aromatic rings. The zero-order valence-corrected chi connectivity index (χ0v) is 17.2. The molecule has 124 valence electrons. The highest BCUT2D eigenvalue weighted by molar-refractivity contribution is 14.2. The Bertz CT molecular complexity index is 447. The van der Waals surface area contributed by atoms with E-state index in [0.717, 1.165) is 17.7 Å². The number of thioether (sulfide) groups is 1. The van der Waals surface area contributed by atoms with Gasteiger partial charge in [0.25, 0.3) is 0 Å². The molecule has 0 saturated carbocycles. The molecule has 0 fully saturated rings. The molecule has 0 radical (unpaired) electrons. The van der Waals surface area contributed by atoms with E-state index in [4.69, 9.17) is 9.47 Å². The lowest BCUT2D eigenvalue weighted by atomic mass is 10.2. The second kappa shape index (κ2) is 13.4. The molecule has 0 aliphatic heterocycles. The molecule has 0 saturated heterocycles. The van der Waals surface area contributed by atoms with Crippen molar-refractivity contribution in [1.29, 1.82) is 0 Å². The molecule has 0 unspecified atom stereocenters. The maximum absolute atomic E-state index is 9.36. The fourth-order valence-electron chi connectivity index (χ4n) is 1.28. The monoisotopic (exact) mass is 454 g/mol. The standard InChI is InChI=1S/C14H17IO3S.C2H6S/c1-14(2,16)18-10-3-9-17-13-6-4-12(5-7-13)8-11-19-15;1-3-2/h4-7,16H,3,9-10H2,1-2H3;1-2H3. The summed E-state index contributed by atoms with van der Waals surface area (Å²) in [5.74, 6) is 2.76. The van der Waals surface area contributed by atoms with Crippen LogP contribution in [0.25, 0.3) is 0 Å². The van der Waals surface area contributed by atoms with E-state index in [1.165, 1.54) is 8.93 Å². The predicted octanol–water partition coefficient (Wildman–Crippen LogP) is 4.57. The summed E-state index contributed by atoms with van der Waals surface area (Å²) in [7, 11) is 1.47. The minimum atomic E-state index is -1.07. The Labute approximate surface area is 154 Å². The van der Waals surface area contributed by atoms with Gasteiger partial charge >= 0.3 is 0 Å². The molecule has 0 bridgehead atoms. The van der Waals surface area contributed by atoms with Crippen LogP contribution in [0.1, 0.15) is 25.8 Å². The molecule has 3 nitrogen and oxygen atoms in total. The number of ether oxygens (including phenoxy) is 2. The summed E-state index contributed by atoms with van der Waals surface area (Å²) < 4.78 is 10.7. The molecule has 22 heavy (non-hydrogen) atoms. The van der Waals surface area contributed by atoms with E-state index in [0.29, 0.717) is 13.2 Å². The van der Waals surface area contributed by atoms with Gasteiger partial charge in [-0.15, -0.1) is 0 Å². The Morgan fingerprint density at radius 2 is 1.77 bits per heavy atom. The molecular formula is C16H23IO3S2. The normalized spacial score (nSPS) is 10.1. The highest BCUT2D eigenvalue weighted by atomic mass is 127. The van der Waals surface area contributed by atoms with Gasteiger partial charge in [-0.1, -0.05) is 5.92 Å². The molecule has 1 N–H and O–H groups in total. The topological polar surface area (TPSA) is 38.7 Å². The molecule has 0 aliphatic carbocycles. The van der Waals surface area contributed by atoms with Crippen molar-refractivity contribution < 1.29 is 14.6 Å². The average Bonchev–Trinajstić information content (AvgIpc) is 2.46. The largest absolute Gasteiger partial charge is 0.494 e. The van der Waals surface area contributed by atoms with E-state index in [2.05, 4.69) is 32.4 Å². The van der Waals surface area contributed by atoms with E-state index < -0.39 is 5.79 Å². The van der Waals surface area contributed by atoms with Crippen molar-refractivity contribution in [3.63, 3.8) is 0 Å². The van der Waals surface area contributed by atoms with Crippen LogP contribution in [0.2, 0.25) is 0 Å². The third kappa shape index (κ3) is 13.6. The van der Waals surface area contributed by atoms with Crippen LogP contribution in [0.4, 0.5) is 0 Å². The van der Waals surface area contributed by atoms with Gasteiger partial charge in [0.1, 0.15) is 5.75 Å². The van der Waals surface area contributed by atoms with Crippen LogP contribution >= 0.6 is 41.9 Å². The van der Waals surface area contributed by atoms with Gasteiger partial charge in [-0.25, -0.2) is 0 Å². The highest BCUT2D eigenvalue weighted by Gasteiger charge is 2.11. The van der Waals surface area contributed by atoms with Gasteiger partial charge in [0.2, 0.25) is 0 Å². The summed E-state index contributed by atoms with van der Waals surface area (Å²) in [6, 6.07) is 7.67. The second-order valence-electron chi connectivity index (χ2n) is 4.73. The number of halogens is 1. The SMILES string of the molecule is CC(C)(O)OCCCOc1ccc(C#CSI)cc1.CSC. The lowest BCUT2D eigenvalue weighted by Gasteiger charge is -2.17. The zero-order valence-electron chi connectivity index (χ0n) is 13.4. The van der Waals surface area contributed by atoms with Crippen LogP contribution < -0.4 is 4.74 Å². The van der Waals surface area contributed by atoms with Crippen molar-refractivity contribution in [3.05, 3.63) is 29.8 Å². The fraction of sp³-hybridized carbons (Fsp3) is 0.500. The zero-order chi connectivity index (χ0) is 16.8. The first kappa shape index (κ1) is 21.9. The molecule has 0 spiro atoms. The Hall–Kier alpha value is -0.0700. The summed E-state index contributed by atoms with van der Waals surface area (Å²) in [5, 5.41) is 12.3. The van der Waals surface area contributed by atoms with Crippen LogP contribution in [0, 0.1) is 11.2 Å². The molecular weight excluding hydrogens is 431 g/mol. The quantitative estimate of drug-likeness (QED) is 0.295. The van der Waals surface area contributed by atoms with Crippen LogP contribution in [0.15, 0.2) is 24.3 Å². The molecule has 6 heteroatoms. The average molecular weight is 454 g/mol. The molecule has 0 amide bonds. The first-order valence-corrected chi connectivity index (χ1v) is 11.7. The Kier molecular flexibility index (Phi) is 13.3. The van der Waals surface area contributed by atoms with Crippen molar-refractivity contribution in [2.45, 2.75) is 26.1 Å². The van der Waals surface area contributed by atoms with Gasteiger partial charge in [-0.3, -0.25) is 0 Å². The van der Waals surface area contributed by atoms with Crippen LogP contribution in [0.5, 0.6) is 5.75 Å². The van der Waals surface area contributed by atoms with Crippen molar-refractivity contribution in [1.82, 2.24) is 0 Å². The summed E-state index contributed by atoms with van der Waals surface area (Å²) >= 11 is 3.89. The maximum Gasteiger partial charge on any atom is 0.159 e. The summed E-state index contributed by atoms with van der Waals surface area (Å²) in [4.78, 5) is 0. The van der Waals surface area contributed by atoms with Gasteiger partial charge < -0.3 is 14.6 Å². The number of hydrogen-bond acceptors (Lipinski definition) is 5. The first-order valence-electron chi connectivity index (χ1n) is 6.71. The lowest BCUT2D eigenvalue weighted by molar-refractivity contribution is -0.176. The van der Waals surface area contributed by atoms with Gasteiger partial charge in [-0.05, 0) is 64.8 Å². The summed E-state index contributed by atoms with van der Waals surface area (Å²) in [6.45, 7) is 4.26. The van der Waals surface area contributed by atoms with Crippen LogP contribution in [0.3, 0.4) is 0 Å². The van der Waals surface area contributed by atoms with Gasteiger partial charge in [0, 0.05) is 33.2 Å². The van der Waals surface area contributed by atoms with Gasteiger partial charge in [-0.2, -0.15) is 11.8 Å². The minimum absolute atomic E-state index is 0.472. The molecule has 0 heterocycles. The van der Waals surface area contributed by atoms with Gasteiger partial charge in [0.15, 0.2) is 5.79 Å². The molecule has 0 atom stereocenters. The lowest BCUT2D eigenvalue weighted by Crippen LogP contribution is -2.24. The van der Waals surface area contributed by atoms with Crippen molar-refractivity contribution >= 4 is 41.9 Å². The fourth-order valence-corrected chi connectivity index (χ4v) is 1.77. The van der Waals surface area contributed by atoms with Crippen molar-refractivity contribution in [2.24, 2.45) is 0 Å².